The molecule has 0 amide bonds. The van der Waals surface area contributed by atoms with Crippen LogP contribution in [0.1, 0.15) is 11.1 Å². The van der Waals surface area contributed by atoms with Crippen molar-refractivity contribution in [3.8, 4) is 0 Å². The van der Waals surface area contributed by atoms with Crippen LogP contribution in [0, 0.1) is 0 Å². The predicted octanol–water partition coefficient (Wildman–Crippen LogP) is 2.14. The Morgan fingerprint density at radius 1 is 1.15 bits per heavy atom. The van der Waals surface area contributed by atoms with Crippen LogP contribution in [0.2, 0.25) is 6.04 Å². The summed E-state index contributed by atoms with van der Waals surface area (Å²) < 4.78 is 0. The van der Waals surface area contributed by atoms with Crippen molar-refractivity contribution >= 4 is 26.5 Å². The largest absolute Gasteiger partial charge is 0.0841 e. The molecule has 0 aromatic heterocycles. The number of benzene rings is 1. The van der Waals surface area contributed by atoms with Crippen LogP contribution in [0.4, 0.5) is 0 Å². The van der Waals surface area contributed by atoms with Crippen LogP contribution in [0.3, 0.4) is 0 Å². The van der Waals surface area contributed by atoms with Gasteiger partial charge in [-0.25, -0.2) is 0 Å². The molecule has 1 aliphatic carbocycles. The fraction of sp³-hybridized carbons (Fsp3) is 0.0833. The molecule has 0 atom stereocenters. The van der Waals surface area contributed by atoms with E-state index in [4.69, 9.17) is 0 Å². The lowest BCUT2D eigenvalue weighted by molar-refractivity contribution is 1.56. The van der Waals surface area contributed by atoms with Crippen LogP contribution in [0.25, 0.3) is 11.6 Å². The van der Waals surface area contributed by atoms with Gasteiger partial charge in [0.25, 0.3) is 0 Å². The van der Waals surface area contributed by atoms with Crippen LogP contribution in [-0.4, -0.2) is 14.8 Å². The van der Waals surface area contributed by atoms with Crippen molar-refractivity contribution in [3.05, 3.63) is 47.0 Å². The van der Waals surface area contributed by atoms with Crippen molar-refractivity contribution in [2.45, 2.75) is 6.04 Å². The molecule has 1 heteroatoms. The number of hydrogen-bond donors (Lipinski definition) is 0. The van der Waals surface area contributed by atoms with E-state index in [1.54, 1.807) is 5.57 Å². The van der Waals surface area contributed by atoms with Crippen molar-refractivity contribution in [1.82, 2.24) is 0 Å². The molecule has 0 fully saturated rings. The summed E-state index contributed by atoms with van der Waals surface area (Å²) in [6.45, 7) is 0. The normalized spacial score (nSPS) is 17.5. The third kappa shape index (κ3) is 1.01. The summed E-state index contributed by atoms with van der Waals surface area (Å²) in [7, 11) is 0.523. The molecule has 0 unspecified atom stereocenters. The van der Waals surface area contributed by atoms with Gasteiger partial charge in [0.1, 0.15) is 0 Å². The van der Waals surface area contributed by atoms with Crippen molar-refractivity contribution in [1.29, 1.82) is 0 Å². The van der Waals surface area contributed by atoms with Gasteiger partial charge in [-0.2, -0.15) is 0 Å². The average Bonchev–Trinajstić information content (AvgIpc) is 2.56. The molecule has 0 nitrogen and oxygen atoms in total. The smallest absolute Gasteiger partial charge is 0.00221 e. The van der Waals surface area contributed by atoms with Gasteiger partial charge in [-0.15, -0.1) is 0 Å². The highest BCUT2D eigenvalue weighted by Gasteiger charge is 2.17. The van der Waals surface area contributed by atoms with Gasteiger partial charge in [0.15, 0.2) is 0 Å². The Balaban J connectivity index is 2.26. The Morgan fingerprint density at radius 3 is 3.08 bits per heavy atom. The number of fused-ring (bicyclic) bond motifs is 3. The first-order valence-corrected chi connectivity index (χ1v) is 6.11. The number of rotatable bonds is 0. The van der Waals surface area contributed by atoms with Gasteiger partial charge in [-0.1, -0.05) is 42.1 Å². The average molecular weight is 182 g/mol. The van der Waals surface area contributed by atoms with E-state index in [0.29, 0.717) is 9.13 Å². The van der Waals surface area contributed by atoms with E-state index in [2.05, 4.69) is 42.1 Å². The zero-order valence-corrected chi connectivity index (χ0v) is 8.48. The third-order valence-corrected chi connectivity index (χ3v) is 3.80. The summed E-state index contributed by atoms with van der Waals surface area (Å²) in [5.74, 6) is 0. The molecule has 0 saturated heterocycles. The molecule has 0 N–H and O–H groups in total. The van der Waals surface area contributed by atoms with E-state index in [1.807, 2.05) is 0 Å². The minimum Gasteiger partial charge on any atom is -0.0841 e. The molecule has 62 valence electrons. The second-order valence-electron chi connectivity index (χ2n) is 3.47. The maximum Gasteiger partial charge on any atom is -0.00221 e. The molecular formula is C12H10Si. The Kier molecular flexibility index (Phi) is 1.46. The zero-order valence-electron chi connectivity index (χ0n) is 7.33. The van der Waals surface area contributed by atoms with E-state index in [1.165, 1.54) is 22.7 Å². The Labute approximate surface area is 80.0 Å². The summed E-state index contributed by atoms with van der Waals surface area (Å²) in [4.78, 5) is 0. The van der Waals surface area contributed by atoms with Crippen molar-refractivity contribution < 1.29 is 0 Å². The minimum atomic E-state index is 0.523. The molecule has 3 rings (SSSR count). The minimum absolute atomic E-state index is 0.523. The summed E-state index contributed by atoms with van der Waals surface area (Å²) in [5.41, 5.74) is 8.20. The summed E-state index contributed by atoms with van der Waals surface area (Å²) in [6.07, 6.45) is 4.65. The first-order chi connectivity index (χ1) is 6.45. The molecule has 1 aromatic rings. The monoisotopic (exact) mass is 182 g/mol. The molecule has 1 aromatic carbocycles. The lowest BCUT2D eigenvalue weighted by Crippen LogP contribution is -1.94. The fourth-order valence-corrected chi connectivity index (χ4v) is 3.09. The van der Waals surface area contributed by atoms with Crippen LogP contribution in [0.15, 0.2) is 35.9 Å². The van der Waals surface area contributed by atoms with Crippen LogP contribution < -0.4 is 0 Å². The van der Waals surface area contributed by atoms with Crippen molar-refractivity contribution in [2.75, 3.05) is 0 Å². The molecular weight excluding hydrogens is 172 g/mol. The second kappa shape index (κ2) is 2.64. The zero-order chi connectivity index (χ0) is 8.67. The Morgan fingerprint density at radius 2 is 2.08 bits per heavy atom. The molecule has 0 saturated carbocycles. The highest BCUT2D eigenvalue weighted by atomic mass is 28.2. The molecule has 1 aliphatic heterocycles. The first kappa shape index (κ1) is 7.22. The van der Waals surface area contributed by atoms with E-state index >= 15 is 0 Å². The maximum atomic E-state index is 2.36. The number of allylic oxidation sites excluding steroid dienone is 3. The topological polar surface area (TPSA) is 0 Å². The van der Waals surface area contributed by atoms with E-state index < -0.39 is 0 Å². The first-order valence-electron chi connectivity index (χ1n) is 4.62. The van der Waals surface area contributed by atoms with Gasteiger partial charge in [-0.3, -0.25) is 0 Å². The number of hydrogen-bond acceptors (Lipinski definition) is 0. The lowest BCUT2D eigenvalue weighted by atomic mass is 10.0. The molecule has 0 radical (unpaired) electrons. The van der Waals surface area contributed by atoms with Gasteiger partial charge in [0.2, 0.25) is 0 Å². The third-order valence-electron chi connectivity index (χ3n) is 2.66. The van der Waals surface area contributed by atoms with Crippen molar-refractivity contribution in [2.24, 2.45) is 0 Å². The Bertz CT molecular complexity index is 450. The van der Waals surface area contributed by atoms with E-state index in [0.717, 1.165) is 0 Å². The fourth-order valence-electron chi connectivity index (χ4n) is 2.03. The summed E-state index contributed by atoms with van der Waals surface area (Å²) in [5, 5.41) is 0. The molecule has 13 heavy (non-hydrogen) atoms. The lowest BCUT2D eigenvalue weighted by Gasteiger charge is -2.07. The van der Waals surface area contributed by atoms with Crippen LogP contribution >= 0.6 is 0 Å². The van der Waals surface area contributed by atoms with Gasteiger partial charge >= 0.3 is 0 Å². The predicted molar refractivity (Wildman–Crippen MR) is 60.4 cm³/mol. The second-order valence-corrected chi connectivity index (χ2v) is 4.73. The van der Waals surface area contributed by atoms with Crippen LogP contribution in [0.5, 0.6) is 0 Å². The highest BCUT2D eigenvalue weighted by molar-refractivity contribution is 6.52. The van der Waals surface area contributed by atoms with Crippen molar-refractivity contribution in [3.63, 3.8) is 0 Å². The molecule has 0 spiro atoms. The van der Waals surface area contributed by atoms with Gasteiger partial charge in [0, 0.05) is 0 Å². The van der Waals surface area contributed by atoms with Gasteiger partial charge < -0.3 is 0 Å². The van der Waals surface area contributed by atoms with Gasteiger partial charge in [0.05, 0.1) is 0 Å². The van der Waals surface area contributed by atoms with Gasteiger partial charge in [-0.05, 0) is 37.4 Å². The Hall–Kier alpha value is -1.21. The van der Waals surface area contributed by atoms with E-state index in [-0.39, 0.29) is 0 Å². The molecule has 0 bridgehead atoms. The molecule has 2 aliphatic rings. The highest BCUT2D eigenvalue weighted by Crippen LogP contribution is 2.37. The SMILES string of the molecule is C1=[SiH]CC2=Cc3ccccc3C2=C1. The molecule has 1 heterocycles. The van der Waals surface area contributed by atoms with E-state index in [9.17, 15) is 0 Å². The summed E-state index contributed by atoms with van der Waals surface area (Å²) in [6, 6.07) is 9.96. The maximum absolute atomic E-state index is 2.36. The summed E-state index contributed by atoms with van der Waals surface area (Å²) >= 11 is 0. The quantitative estimate of drug-likeness (QED) is 0.539. The standard InChI is InChI=1S/C12H10Si/c1-2-4-11-9(3-1)7-10-8-13-6-5-12(10)11/h1-7,13H,8H2. The van der Waals surface area contributed by atoms with Crippen LogP contribution in [-0.2, 0) is 0 Å².